The van der Waals surface area contributed by atoms with Crippen LogP contribution in [-0.4, -0.2) is 47.2 Å². The molecule has 2 heterocycles. The van der Waals surface area contributed by atoms with Gasteiger partial charge in [0.1, 0.15) is 12.4 Å². The van der Waals surface area contributed by atoms with Gasteiger partial charge in [-0.15, -0.1) is 12.6 Å². The number of pyridine rings is 1. The highest BCUT2D eigenvalue weighted by Gasteiger charge is 2.15. The summed E-state index contributed by atoms with van der Waals surface area (Å²) in [7, 11) is 4.04. The van der Waals surface area contributed by atoms with Crippen molar-refractivity contribution in [2.45, 2.75) is 4.90 Å². The predicted octanol–water partition coefficient (Wildman–Crippen LogP) is 4.32. The van der Waals surface area contributed by atoms with E-state index in [0.717, 1.165) is 39.0 Å². The van der Waals surface area contributed by atoms with E-state index in [1.807, 2.05) is 62.6 Å². The molecule has 0 aliphatic heterocycles. The van der Waals surface area contributed by atoms with Gasteiger partial charge in [-0.05, 0) is 56.6 Å². The standard InChI is InChI=1S/C21H21N3O2S/c1-24(2)9-10-26-14-4-7-17-13(11-14)3-6-19(22-17)20-16-12-15(27)5-8-18(16)23-21(20)25/h3-8,11-12,23,25,27H,9-10H2,1-2H3. The van der Waals surface area contributed by atoms with Crippen molar-refractivity contribution in [2.75, 3.05) is 27.2 Å². The molecule has 0 fully saturated rings. The third-order valence-electron chi connectivity index (χ3n) is 4.49. The Morgan fingerprint density at radius 2 is 1.96 bits per heavy atom. The van der Waals surface area contributed by atoms with Crippen molar-refractivity contribution in [3.05, 3.63) is 48.5 Å². The van der Waals surface area contributed by atoms with Crippen LogP contribution in [0.15, 0.2) is 53.4 Å². The van der Waals surface area contributed by atoms with Crippen LogP contribution in [0.3, 0.4) is 0 Å². The molecule has 6 heteroatoms. The lowest BCUT2D eigenvalue weighted by Gasteiger charge is -2.11. The highest BCUT2D eigenvalue weighted by atomic mass is 32.1. The topological polar surface area (TPSA) is 61.4 Å². The number of aromatic nitrogens is 2. The molecular formula is C21H21N3O2S. The second kappa shape index (κ2) is 7.13. The van der Waals surface area contributed by atoms with Gasteiger partial charge < -0.3 is 19.7 Å². The fourth-order valence-corrected chi connectivity index (χ4v) is 3.31. The maximum atomic E-state index is 10.4. The van der Waals surface area contributed by atoms with Crippen molar-refractivity contribution in [1.29, 1.82) is 0 Å². The summed E-state index contributed by atoms with van der Waals surface area (Å²) in [5.41, 5.74) is 3.11. The molecule has 4 rings (SSSR count). The van der Waals surface area contributed by atoms with Crippen molar-refractivity contribution >= 4 is 34.4 Å². The first-order valence-corrected chi connectivity index (χ1v) is 9.18. The molecule has 2 aromatic heterocycles. The fraction of sp³-hybridized carbons (Fsp3) is 0.190. The van der Waals surface area contributed by atoms with Crippen LogP contribution in [0.2, 0.25) is 0 Å². The minimum absolute atomic E-state index is 0.111. The Labute approximate surface area is 163 Å². The molecule has 0 bridgehead atoms. The summed E-state index contributed by atoms with van der Waals surface area (Å²) in [6, 6.07) is 15.5. The molecule has 2 aromatic carbocycles. The third kappa shape index (κ3) is 3.59. The number of aromatic hydroxyl groups is 1. The molecule has 0 unspecified atom stereocenters. The molecule has 0 aliphatic carbocycles. The van der Waals surface area contributed by atoms with Gasteiger partial charge in [0.25, 0.3) is 0 Å². The fourth-order valence-electron chi connectivity index (χ4n) is 3.10. The molecule has 0 spiro atoms. The number of nitrogens with zero attached hydrogens (tertiary/aromatic N) is 2. The number of hydrogen-bond donors (Lipinski definition) is 3. The van der Waals surface area contributed by atoms with Crippen molar-refractivity contribution in [1.82, 2.24) is 14.9 Å². The summed E-state index contributed by atoms with van der Waals surface area (Å²) in [4.78, 5) is 10.7. The SMILES string of the molecule is CN(C)CCOc1ccc2nc(-c3c(O)[nH]c4ccc(S)cc34)ccc2c1. The predicted molar refractivity (Wildman–Crippen MR) is 112 cm³/mol. The lowest BCUT2D eigenvalue weighted by atomic mass is 10.1. The maximum Gasteiger partial charge on any atom is 0.199 e. The van der Waals surface area contributed by atoms with Crippen molar-refractivity contribution in [2.24, 2.45) is 0 Å². The lowest BCUT2D eigenvalue weighted by molar-refractivity contribution is 0.261. The minimum Gasteiger partial charge on any atom is -0.494 e. The first-order chi connectivity index (χ1) is 13.0. The van der Waals surface area contributed by atoms with E-state index in [1.54, 1.807) is 0 Å². The average Bonchev–Trinajstić information content (AvgIpc) is 2.96. The van der Waals surface area contributed by atoms with E-state index in [4.69, 9.17) is 9.72 Å². The Kier molecular flexibility index (Phi) is 4.68. The van der Waals surface area contributed by atoms with Crippen LogP contribution < -0.4 is 4.74 Å². The second-order valence-electron chi connectivity index (χ2n) is 6.78. The van der Waals surface area contributed by atoms with Crippen LogP contribution in [0.5, 0.6) is 11.6 Å². The molecule has 0 atom stereocenters. The smallest absolute Gasteiger partial charge is 0.199 e. The Balaban J connectivity index is 1.70. The van der Waals surface area contributed by atoms with Gasteiger partial charge in [-0.25, -0.2) is 4.98 Å². The first kappa shape index (κ1) is 17.7. The van der Waals surface area contributed by atoms with E-state index in [2.05, 4.69) is 22.5 Å². The largest absolute Gasteiger partial charge is 0.494 e. The molecule has 0 amide bonds. The number of nitrogens with one attached hydrogen (secondary N) is 1. The molecule has 2 N–H and O–H groups in total. The van der Waals surface area contributed by atoms with Gasteiger partial charge in [-0.1, -0.05) is 6.07 Å². The van der Waals surface area contributed by atoms with Crippen LogP contribution in [0.1, 0.15) is 0 Å². The van der Waals surface area contributed by atoms with Gasteiger partial charge in [0.2, 0.25) is 0 Å². The lowest BCUT2D eigenvalue weighted by Crippen LogP contribution is -2.19. The number of aromatic amines is 1. The molecule has 0 saturated heterocycles. The van der Waals surface area contributed by atoms with Gasteiger partial charge in [0, 0.05) is 27.7 Å². The summed E-state index contributed by atoms with van der Waals surface area (Å²) in [6.45, 7) is 1.50. The van der Waals surface area contributed by atoms with Crippen molar-refractivity contribution < 1.29 is 9.84 Å². The number of likely N-dealkylation sites (N-methyl/N-ethyl adjacent to an activating group) is 1. The monoisotopic (exact) mass is 379 g/mol. The quantitative estimate of drug-likeness (QED) is 0.452. The minimum atomic E-state index is 0.111. The van der Waals surface area contributed by atoms with Crippen LogP contribution >= 0.6 is 12.6 Å². The van der Waals surface area contributed by atoms with E-state index in [9.17, 15) is 5.11 Å². The number of rotatable bonds is 5. The molecule has 4 aromatic rings. The Hall–Kier alpha value is -2.70. The third-order valence-corrected chi connectivity index (χ3v) is 4.76. The molecule has 0 radical (unpaired) electrons. The summed E-state index contributed by atoms with van der Waals surface area (Å²) in [5.74, 6) is 0.938. The zero-order valence-electron chi connectivity index (χ0n) is 15.2. The van der Waals surface area contributed by atoms with E-state index in [-0.39, 0.29) is 5.88 Å². The molecule has 5 nitrogen and oxygen atoms in total. The Morgan fingerprint density at radius 3 is 2.78 bits per heavy atom. The van der Waals surface area contributed by atoms with Gasteiger partial charge in [0.15, 0.2) is 5.88 Å². The Bertz CT molecular complexity index is 1120. The van der Waals surface area contributed by atoms with E-state index < -0.39 is 0 Å². The molecular weight excluding hydrogens is 358 g/mol. The number of ether oxygens (including phenoxy) is 1. The van der Waals surface area contributed by atoms with Crippen molar-refractivity contribution in [3.8, 4) is 22.9 Å². The number of thiol groups is 1. The highest BCUT2D eigenvalue weighted by molar-refractivity contribution is 7.80. The molecule has 0 aliphatic rings. The number of H-pyrrole nitrogens is 1. The highest BCUT2D eigenvalue weighted by Crippen LogP contribution is 2.37. The first-order valence-electron chi connectivity index (χ1n) is 8.73. The van der Waals surface area contributed by atoms with Crippen LogP contribution in [0.4, 0.5) is 0 Å². The second-order valence-corrected chi connectivity index (χ2v) is 7.30. The molecule has 27 heavy (non-hydrogen) atoms. The maximum absolute atomic E-state index is 10.4. The van der Waals surface area contributed by atoms with Gasteiger partial charge >= 0.3 is 0 Å². The van der Waals surface area contributed by atoms with Crippen LogP contribution in [-0.2, 0) is 0 Å². The summed E-state index contributed by atoms with van der Waals surface area (Å²) in [6.07, 6.45) is 0. The van der Waals surface area contributed by atoms with Gasteiger partial charge in [-0.2, -0.15) is 0 Å². The number of fused-ring (bicyclic) bond motifs is 2. The Morgan fingerprint density at radius 1 is 1.11 bits per heavy atom. The van der Waals surface area contributed by atoms with Crippen molar-refractivity contribution in [3.63, 3.8) is 0 Å². The van der Waals surface area contributed by atoms with Gasteiger partial charge in [0.05, 0.1) is 16.8 Å². The van der Waals surface area contributed by atoms with Gasteiger partial charge in [-0.3, -0.25) is 0 Å². The molecule has 138 valence electrons. The van der Waals surface area contributed by atoms with E-state index in [1.165, 1.54) is 0 Å². The normalized spacial score (nSPS) is 11.6. The summed E-state index contributed by atoms with van der Waals surface area (Å²) < 4.78 is 5.79. The average molecular weight is 379 g/mol. The number of benzene rings is 2. The summed E-state index contributed by atoms with van der Waals surface area (Å²) in [5, 5.41) is 12.3. The molecule has 0 saturated carbocycles. The van der Waals surface area contributed by atoms with Crippen LogP contribution in [0, 0.1) is 0 Å². The number of hydrogen-bond acceptors (Lipinski definition) is 5. The summed E-state index contributed by atoms with van der Waals surface area (Å²) >= 11 is 4.41. The van der Waals surface area contributed by atoms with E-state index >= 15 is 0 Å². The van der Waals surface area contributed by atoms with E-state index in [0.29, 0.717) is 17.9 Å². The zero-order valence-corrected chi connectivity index (χ0v) is 16.1. The zero-order chi connectivity index (χ0) is 19.0. The van der Waals surface area contributed by atoms with Crippen LogP contribution in [0.25, 0.3) is 33.1 Å².